The van der Waals surface area contributed by atoms with Crippen molar-refractivity contribution in [2.45, 2.75) is 24.5 Å². The van der Waals surface area contributed by atoms with E-state index in [9.17, 15) is 9.59 Å². The normalized spacial score (nSPS) is 39.7. The Hall–Kier alpha value is -0.920. The van der Waals surface area contributed by atoms with Crippen molar-refractivity contribution in [1.29, 1.82) is 0 Å². The first kappa shape index (κ1) is 14.5. The monoisotopic (exact) mass is 285 g/mol. The van der Waals surface area contributed by atoms with E-state index in [1.807, 2.05) is 6.92 Å². The summed E-state index contributed by atoms with van der Waals surface area (Å²) in [6.45, 7) is 3.37. The molecule has 5 atom stereocenters. The second-order valence-electron chi connectivity index (χ2n) is 4.59. The van der Waals surface area contributed by atoms with Crippen LogP contribution in [0, 0.1) is 11.8 Å². The van der Waals surface area contributed by atoms with Crippen molar-refractivity contribution in [2.75, 3.05) is 20.1 Å². The summed E-state index contributed by atoms with van der Waals surface area (Å²) in [6, 6.07) is -0.172. The summed E-state index contributed by atoms with van der Waals surface area (Å²) in [5, 5.41) is 7.09. The van der Waals surface area contributed by atoms with Gasteiger partial charge in [-0.3, -0.25) is 4.99 Å². The zero-order valence-corrected chi connectivity index (χ0v) is 11.9. The number of aliphatic imine (C=N–C) groups is 1. The molecule has 19 heavy (non-hydrogen) atoms. The van der Waals surface area contributed by atoms with Gasteiger partial charge in [0.2, 0.25) is 0 Å². The van der Waals surface area contributed by atoms with Gasteiger partial charge >= 0.3 is 0 Å². The van der Waals surface area contributed by atoms with E-state index < -0.39 is 5.92 Å². The van der Waals surface area contributed by atoms with Crippen LogP contribution in [0.15, 0.2) is 4.99 Å². The number of nitrogens with zero attached hydrogens (tertiary/aromatic N) is 1. The van der Waals surface area contributed by atoms with Crippen molar-refractivity contribution in [2.24, 2.45) is 16.8 Å². The van der Waals surface area contributed by atoms with Crippen LogP contribution in [0.1, 0.15) is 6.92 Å². The average Bonchev–Trinajstić information content (AvgIpc) is 2.85. The Kier molecular flexibility index (Phi) is 4.95. The minimum atomic E-state index is -0.415. The number of carbonyl (C=O) groups is 2. The molecule has 0 bridgehead atoms. The lowest BCUT2D eigenvalue weighted by molar-refractivity contribution is -0.137. The Morgan fingerprint density at radius 1 is 1.42 bits per heavy atom. The molecule has 0 aromatic heterocycles. The second kappa shape index (κ2) is 6.49. The molecule has 2 aliphatic heterocycles. The van der Waals surface area contributed by atoms with Crippen LogP contribution >= 0.6 is 11.8 Å². The minimum Gasteiger partial charge on any atom is -0.360 e. The molecule has 7 heteroatoms. The van der Waals surface area contributed by atoms with Gasteiger partial charge in [0, 0.05) is 13.6 Å². The lowest BCUT2D eigenvalue weighted by Gasteiger charge is -2.39. The van der Waals surface area contributed by atoms with Crippen molar-refractivity contribution in [3.05, 3.63) is 0 Å². The number of hydrogen-bond acceptors (Lipinski definition) is 6. The quantitative estimate of drug-likeness (QED) is 0.672. The highest BCUT2D eigenvalue weighted by Crippen LogP contribution is 2.38. The van der Waals surface area contributed by atoms with E-state index in [0.29, 0.717) is 6.54 Å². The van der Waals surface area contributed by atoms with Crippen LogP contribution < -0.4 is 10.6 Å². The molecule has 6 nitrogen and oxygen atoms in total. The highest BCUT2D eigenvalue weighted by atomic mass is 32.2. The maximum atomic E-state index is 11.4. The molecule has 2 heterocycles. The van der Waals surface area contributed by atoms with E-state index in [1.54, 1.807) is 7.05 Å². The van der Waals surface area contributed by atoms with Crippen molar-refractivity contribution in [1.82, 2.24) is 10.6 Å². The summed E-state index contributed by atoms with van der Waals surface area (Å²) in [4.78, 5) is 26.8. The molecule has 2 saturated heterocycles. The molecular formula is C12H19N3O3S. The Morgan fingerprint density at radius 2 is 2.16 bits per heavy atom. The van der Waals surface area contributed by atoms with Crippen LogP contribution in [0.4, 0.5) is 0 Å². The summed E-state index contributed by atoms with van der Waals surface area (Å²) in [7, 11) is 1.69. The van der Waals surface area contributed by atoms with E-state index in [1.165, 1.54) is 11.8 Å². The molecule has 0 unspecified atom stereocenters. The lowest BCUT2D eigenvalue weighted by Crippen LogP contribution is -2.56. The van der Waals surface area contributed by atoms with E-state index in [2.05, 4.69) is 15.6 Å². The third-order valence-corrected chi connectivity index (χ3v) is 4.68. The summed E-state index contributed by atoms with van der Waals surface area (Å²) < 4.78 is 5.95. The van der Waals surface area contributed by atoms with Crippen molar-refractivity contribution in [3.63, 3.8) is 0 Å². The minimum absolute atomic E-state index is 0.159. The molecule has 2 aliphatic rings. The van der Waals surface area contributed by atoms with Gasteiger partial charge in [0.05, 0.1) is 24.0 Å². The van der Waals surface area contributed by atoms with E-state index in [4.69, 9.17) is 4.74 Å². The standard InChI is InChI=1S/C12H19N3O3S/c1-3-14-4-9-7(5-16)8(6-17)10-11(18-9)19-12(13-2)15-10/h5-11,14H,3-4H2,1-2H3,(H,13,15)/t7-,8+,9-,10+,11+/m0/s1. The largest absolute Gasteiger partial charge is 0.360 e. The fraction of sp³-hybridized carbons (Fsp3) is 0.750. The van der Waals surface area contributed by atoms with Crippen LogP contribution in [0.3, 0.4) is 0 Å². The Balaban J connectivity index is 2.17. The first-order chi connectivity index (χ1) is 9.24. The zero-order valence-electron chi connectivity index (χ0n) is 11.0. The Labute approximate surface area is 116 Å². The lowest BCUT2D eigenvalue weighted by atomic mass is 9.82. The predicted molar refractivity (Wildman–Crippen MR) is 74.2 cm³/mol. The van der Waals surface area contributed by atoms with E-state index >= 15 is 0 Å². The third-order valence-electron chi connectivity index (χ3n) is 3.52. The average molecular weight is 285 g/mol. The number of hydrogen-bond donors (Lipinski definition) is 2. The predicted octanol–water partition coefficient (Wildman–Crippen LogP) is -0.358. The molecule has 2 rings (SSSR count). The highest BCUT2D eigenvalue weighted by Gasteiger charge is 2.49. The molecule has 2 N–H and O–H groups in total. The van der Waals surface area contributed by atoms with Crippen LogP contribution in [0.25, 0.3) is 0 Å². The SMILES string of the molecule is CCNC[C@@H]1O[C@@H]2SC(=NC)N[C@@H]2[C@H](C=O)[C@@H]1C=O. The van der Waals surface area contributed by atoms with Gasteiger partial charge in [-0.05, 0) is 6.54 Å². The van der Waals surface area contributed by atoms with Gasteiger partial charge in [0.1, 0.15) is 18.0 Å². The summed E-state index contributed by atoms with van der Waals surface area (Å²) in [5.41, 5.74) is -0.159. The number of rotatable bonds is 5. The van der Waals surface area contributed by atoms with Crippen LogP contribution in [-0.4, -0.2) is 55.5 Å². The zero-order chi connectivity index (χ0) is 13.8. The molecule has 106 valence electrons. The molecule has 0 aromatic carbocycles. The fourth-order valence-electron chi connectivity index (χ4n) is 2.51. The third kappa shape index (κ3) is 2.82. The maximum absolute atomic E-state index is 11.4. The number of carbonyl (C=O) groups excluding carboxylic acids is 2. The van der Waals surface area contributed by atoms with Crippen LogP contribution in [0.2, 0.25) is 0 Å². The van der Waals surface area contributed by atoms with Gasteiger partial charge in [-0.25, -0.2) is 0 Å². The molecule has 0 aliphatic carbocycles. The van der Waals surface area contributed by atoms with Gasteiger partial charge < -0.3 is 25.0 Å². The highest BCUT2D eigenvalue weighted by molar-refractivity contribution is 8.14. The number of fused-ring (bicyclic) bond motifs is 1. The molecular weight excluding hydrogens is 266 g/mol. The van der Waals surface area contributed by atoms with Crippen molar-refractivity contribution in [3.8, 4) is 0 Å². The Bertz CT molecular complexity index is 377. The maximum Gasteiger partial charge on any atom is 0.159 e. The molecule has 0 amide bonds. The van der Waals surface area contributed by atoms with Gasteiger partial charge in [-0.2, -0.15) is 0 Å². The van der Waals surface area contributed by atoms with E-state index in [0.717, 1.165) is 24.3 Å². The van der Waals surface area contributed by atoms with Crippen molar-refractivity contribution < 1.29 is 14.3 Å². The number of ether oxygens (including phenoxy) is 1. The smallest absolute Gasteiger partial charge is 0.159 e. The second-order valence-corrected chi connectivity index (χ2v) is 5.68. The number of amidine groups is 1. The van der Waals surface area contributed by atoms with Gasteiger partial charge in [0.25, 0.3) is 0 Å². The van der Waals surface area contributed by atoms with Gasteiger partial charge in [-0.15, -0.1) is 0 Å². The molecule has 0 aromatic rings. The van der Waals surface area contributed by atoms with Gasteiger partial charge in [-0.1, -0.05) is 18.7 Å². The van der Waals surface area contributed by atoms with Gasteiger partial charge in [0.15, 0.2) is 5.17 Å². The number of thioether (sulfide) groups is 1. The number of aldehydes is 2. The molecule has 2 fully saturated rings. The topological polar surface area (TPSA) is 79.8 Å². The Morgan fingerprint density at radius 3 is 2.74 bits per heavy atom. The van der Waals surface area contributed by atoms with Crippen molar-refractivity contribution >= 4 is 29.5 Å². The van der Waals surface area contributed by atoms with Crippen LogP contribution in [-0.2, 0) is 14.3 Å². The number of nitrogens with one attached hydrogen (secondary N) is 2. The summed E-state index contributed by atoms with van der Waals surface area (Å²) >= 11 is 1.48. The molecule has 0 radical (unpaired) electrons. The first-order valence-corrected chi connectivity index (χ1v) is 7.29. The van der Waals surface area contributed by atoms with E-state index in [-0.39, 0.29) is 23.5 Å². The summed E-state index contributed by atoms with van der Waals surface area (Å²) in [6.07, 6.45) is 1.44. The van der Waals surface area contributed by atoms with Crippen LogP contribution in [0.5, 0.6) is 0 Å². The molecule has 0 spiro atoms. The summed E-state index contributed by atoms with van der Waals surface area (Å²) in [5.74, 6) is -0.784. The molecule has 0 saturated carbocycles. The fourth-order valence-corrected chi connectivity index (χ4v) is 3.63. The number of likely N-dealkylation sites (N-methyl/N-ethyl adjacent to an activating group) is 1. The first-order valence-electron chi connectivity index (χ1n) is 6.41.